The molecule has 0 saturated heterocycles. The third kappa shape index (κ3) is 3.30. The van der Waals surface area contributed by atoms with E-state index >= 15 is 0 Å². The van der Waals surface area contributed by atoms with Crippen molar-refractivity contribution in [2.24, 2.45) is 0 Å². The quantitative estimate of drug-likeness (QED) is 0.639. The van der Waals surface area contributed by atoms with Gasteiger partial charge in [0.1, 0.15) is 0 Å². The maximum atomic E-state index is 5.85. The highest BCUT2D eigenvalue weighted by atomic mass is 15.5. The molecule has 0 aliphatic carbocycles. The van der Waals surface area contributed by atoms with Gasteiger partial charge in [-0.05, 0) is 41.5 Å². The van der Waals surface area contributed by atoms with Crippen molar-refractivity contribution in [1.29, 1.82) is 0 Å². The van der Waals surface area contributed by atoms with Gasteiger partial charge in [-0.1, -0.05) is 32.3 Å². The van der Waals surface area contributed by atoms with Gasteiger partial charge in [0.2, 0.25) is 0 Å². The van der Waals surface area contributed by atoms with Gasteiger partial charge in [-0.15, -0.1) is 5.10 Å². The van der Waals surface area contributed by atoms with Gasteiger partial charge in [-0.3, -0.25) is 0 Å². The first-order chi connectivity index (χ1) is 9.22. The van der Waals surface area contributed by atoms with E-state index < -0.39 is 0 Å². The topological polar surface area (TPSA) is 69.6 Å². The smallest absolute Gasteiger partial charge is 0.182 e. The fourth-order valence-corrected chi connectivity index (χ4v) is 2.12. The Bertz CT molecular complexity index is 532. The zero-order valence-electron chi connectivity index (χ0n) is 11.6. The zero-order valence-corrected chi connectivity index (χ0v) is 11.6. The molecular weight excluding hydrogens is 238 g/mol. The zero-order chi connectivity index (χ0) is 13.7. The third-order valence-corrected chi connectivity index (χ3v) is 3.26. The maximum Gasteiger partial charge on any atom is 0.182 e. The predicted octanol–water partition coefficient (Wildman–Crippen LogP) is 2.81. The molecule has 0 radical (unpaired) electrons. The Morgan fingerprint density at radius 2 is 2.05 bits per heavy atom. The Labute approximate surface area is 113 Å². The number of hydrogen-bond acceptors (Lipinski definition) is 4. The van der Waals surface area contributed by atoms with Crippen molar-refractivity contribution in [2.45, 2.75) is 46.1 Å². The predicted molar refractivity (Wildman–Crippen MR) is 76.5 cm³/mol. The van der Waals surface area contributed by atoms with Crippen molar-refractivity contribution >= 4 is 5.69 Å². The SMILES string of the molecule is CCCCCCn1nnnc1-c1cc(N)ccc1C. The lowest BCUT2D eigenvalue weighted by Gasteiger charge is -2.07. The van der Waals surface area contributed by atoms with Crippen molar-refractivity contribution in [2.75, 3.05) is 5.73 Å². The molecule has 2 N–H and O–H groups in total. The van der Waals surface area contributed by atoms with Gasteiger partial charge in [0, 0.05) is 17.8 Å². The molecule has 2 aromatic rings. The molecule has 102 valence electrons. The highest BCUT2D eigenvalue weighted by Crippen LogP contribution is 2.23. The maximum absolute atomic E-state index is 5.85. The van der Waals surface area contributed by atoms with Crippen LogP contribution >= 0.6 is 0 Å². The summed E-state index contributed by atoms with van der Waals surface area (Å²) in [5.74, 6) is 0.807. The minimum absolute atomic E-state index is 0.737. The average Bonchev–Trinajstić information content (AvgIpc) is 2.86. The summed E-state index contributed by atoms with van der Waals surface area (Å²) >= 11 is 0. The summed E-state index contributed by atoms with van der Waals surface area (Å²) in [6.45, 7) is 5.11. The number of nitrogen functional groups attached to an aromatic ring is 1. The van der Waals surface area contributed by atoms with Gasteiger partial charge in [-0.2, -0.15) is 0 Å². The highest BCUT2D eigenvalue weighted by Gasteiger charge is 2.11. The summed E-state index contributed by atoms with van der Waals surface area (Å²) in [5.41, 5.74) is 8.73. The molecule has 0 saturated carbocycles. The number of hydrogen-bond donors (Lipinski definition) is 1. The molecule has 19 heavy (non-hydrogen) atoms. The number of tetrazole rings is 1. The molecule has 0 unspecified atom stereocenters. The monoisotopic (exact) mass is 259 g/mol. The van der Waals surface area contributed by atoms with Crippen LogP contribution < -0.4 is 5.73 Å². The molecule has 0 atom stereocenters. The lowest BCUT2D eigenvalue weighted by Crippen LogP contribution is -2.04. The van der Waals surface area contributed by atoms with E-state index in [1.807, 2.05) is 29.8 Å². The molecule has 1 aromatic carbocycles. The molecule has 2 rings (SSSR count). The normalized spacial score (nSPS) is 10.8. The number of aromatic nitrogens is 4. The first-order valence-corrected chi connectivity index (χ1v) is 6.85. The van der Waals surface area contributed by atoms with E-state index in [4.69, 9.17) is 5.73 Å². The average molecular weight is 259 g/mol. The molecule has 0 aliphatic heterocycles. The molecule has 1 heterocycles. The van der Waals surface area contributed by atoms with Gasteiger partial charge in [-0.25, -0.2) is 4.68 Å². The Morgan fingerprint density at radius 3 is 2.84 bits per heavy atom. The molecule has 0 amide bonds. The molecule has 0 spiro atoms. The van der Waals surface area contributed by atoms with Crippen molar-refractivity contribution in [3.63, 3.8) is 0 Å². The van der Waals surface area contributed by atoms with E-state index in [9.17, 15) is 0 Å². The summed E-state index contributed by atoms with van der Waals surface area (Å²) in [5, 5.41) is 12.0. The van der Waals surface area contributed by atoms with Crippen LogP contribution in [0.15, 0.2) is 18.2 Å². The lowest BCUT2D eigenvalue weighted by molar-refractivity contribution is 0.531. The molecule has 0 aliphatic rings. The largest absolute Gasteiger partial charge is 0.399 e. The number of rotatable bonds is 6. The van der Waals surface area contributed by atoms with Crippen LogP contribution in [0.4, 0.5) is 5.69 Å². The van der Waals surface area contributed by atoms with E-state index in [0.717, 1.165) is 35.6 Å². The number of aryl methyl sites for hydroxylation is 2. The minimum atomic E-state index is 0.737. The van der Waals surface area contributed by atoms with E-state index in [2.05, 4.69) is 22.4 Å². The Morgan fingerprint density at radius 1 is 1.21 bits per heavy atom. The number of nitrogens with zero attached hydrogens (tertiary/aromatic N) is 4. The van der Waals surface area contributed by atoms with Crippen molar-refractivity contribution in [3.05, 3.63) is 23.8 Å². The first kappa shape index (κ1) is 13.5. The third-order valence-electron chi connectivity index (χ3n) is 3.26. The Kier molecular flexibility index (Phi) is 4.49. The fourth-order valence-electron chi connectivity index (χ4n) is 2.12. The summed E-state index contributed by atoms with van der Waals surface area (Å²) in [7, 11) is 0. The van der Waals surface area contributed by atoms with Gasteiger partial charge in [0.25, 0.3) is 0 Å². The molecule has 5 nitrogen and oxygen atoms in total. The van der Waals surface area contributed by atoms with E-state index in [-0.39, 0.29) is 0 Å². The number of nitrogens with two attached hydrogens (primary N) is 1. The molecule has 5 heteroatoms. The number of anilines is 1. The summed E-state index contributed by atoms with van der Waals surface area (Å²) in [6, 6.07) is 5.83. The molecule has 1 aromatic heterocycles. The van der Waals surface area contributed by atoms with Crippen LogP contribution in [0.3, 0.4) is 0 Å². The van der Waals surface area contributed by atoms with E-state index in [1.165, 1.54) is 19.3 Å². The fraction of sp³-hybridized carbons (Fsp3) is 0.500. The second kappa shape index (κ2) is 6.31. The summed E-state index contributed by atoms with van der Waals surface area (Å²) in [6.07, 6.45) is 4.81. The van der Waals surface area contributed by atoms with Crippen LogP contribution in [0.1, 0.15) is 38.2 Å². The minimum Gasteiger partial charge on any atom is -0.399 e. The molecule has 0 bridgehead atoms. The van der Waals surface area contributed by atoms with E-state index in [0.29, 0.717) is 0 Å². The highest BCUT2D eigenvalue weighted by molar-refractivity contribution is 5.65. The van der Waals surface area contributed by atoms with Crippen LogP contribution in [0, 0.1) is 6.92 Å². The van der Waals surface area contributed by atoms with Gasteiger partial charge in [0.15, 0.2) is 5.82 Å². The first-order valence-electron chi connectivity index (χ1n) is 6.85. The van der Waals surface area contributed by atoms with Crippen molar-refractivity contribution in [3.8, 4) is 11.4 Å². The summed E-state index contributed by atoms with van der Waals surface area (Å²) in [4.78, 5) is 0. The second-order valence-electron chi connectivity index (χ2n) is 4.86. The van der Waals surface area contributed by atoms with Gasteiger partial charge in [0.05, 0.1) is 0 Å². The van der Waals surface area contributed by atoms with Crippen LogP contribution in [0.5, 0.6) is 0 Å². The van der Waals surface area contributed by atoms with Gasteiger partial charge >= 0.3 is 0 Å². The van der Waals surface area contributed by atoms with Crippen molar-refractivity contribution < 1.29 is 0 Å². The number of unbranched alkanes of at least 4 members (excludes halogenated alkanes) is 3. The van der Waals surface area contributed by atoms with Crippen LogP contribution in [0.25, 0.3) is 11.4 Å². The summed E-state index contributed by atoms with van der Waals surface area (Å²) < 4.78 is 1.87. The Hall–Kier alpha value is -1.91. The second-order valence-corrected chi connectivity index (χ2v) is 4.86. The standard InChI is InChI=1S/C14H21N5/c1-3-4-5-6-9-19-14(16-17-18-19)13-10-12(15)8-7-11(13)2/h7-8,10H,3-6,9,15H2,1-2H3. The van der Waals surface area contributed by atoms with E-state index in [1.54, 1.807) is 0 Å². The molecular formula is C14H21N5. The van der Waals surface area contributed by atoms with Crippen LogP contribution in [-0.4, -0.2) is 20.2 Å². The lowest BCUT2D eigenvalue weighted by atomic mass is 10.1. The van der Waals surface area contributed by atoms with Gasteiger partial charge < -0.3 is 5.73 Å². The Balaban J connectivity index is 2.16. The van der Waals surface area contributed by atoms with Crippen molar-refractivity contribution in [1.82, 2.24) is 20.2 Å². The van der Waals surface area contributed by atoms with Crippen LogP contribution in [-0.2, 0) is 6.54 Å². The molecule has 0 fully saturated rings. The van der Waals surface area contributed by atoms with Crippen LogP contribution in [0.2, 0.25) is 0 Å². The number of benzene rings is 1.